The zero-order chi connectivity index (χ0) is 13.8. The number of rotatable bonds is 5. The van der Waals surface area contributed by atoms with E-state index in [1.807, 2.05) is 31.2 Å². The van der Waals surface area contributed by atoms with Crippen molar-refractivity contribution in [3.8, 4) is 0 Å². The predicted octanol–water partition coefficient (Wildman–Crippen LogP) is 4.21. The zero-order valence-electron chi connectivity index (χ0n) is 11.0. The Kier molecular flexibility index (Phi) is 4.91. The third-order valence-corrected chi connectivity index (χ3v) is 4.40. The molecule has 1 aromatic heterocycles. The minimum Gasteiger partial charge on any atom is -0.440 e. The number of thioether (sulfide) groups is 1. The largest absolute Gasteiger partial charge is 0.440 e. The molecular weight excluding hydrogens is 280 g/mol. The molecule has 0 aliphatic heterocycles. The van der Waals surface area contributed by atoms with Gasteiger partial charge in [-0.05, 0) is 31.0 Å². The van der Waals surface area contributed by atoms with Gasteiger partial charge in [-0.2, -0.15) is 0 Å². The second-order valence-corrected chi connectivity index (χ2v) is 5.95. The molecule has 2 rings (SSSR count). The second kappa shape index (κ2) is 6.46. The van der Waals surface area contributed by atoms with Gasteiger partial charge in [0.1, 0.15) is 6.26 Å². The molecule has 0 fully saturated rings. The predicted molar refractivity (Wildman–Crippen MR) is 79.6 cm³/mol. The number of nitrogens with zero attached hydrogens (tertiary/aromatic N) is 1. The van der Waals surface area contributed by atoms with Gasteiger partial charge >= 0.3 is 0 Å². The molecule has 0 bridgehead atoms. The van der Waals surface area contributed by atoms with Crippen LogP contribution in [0.1, 0.15) is 29.9 Å². The Labute approximate surface area is 122 Å². The monoisotopic (exact) mass is 296 g/mol. The third-order valence-electron chi connectivity index (χ3n) is 2.88. The average molecular weight is 297 g/mol. The first-order chi connectivity index (χ1) is 9.10. The molecule has 2 N–H and O–H groups in total. The van der Waals surface area contributed by atoms with Crippen LogP contribution in [0.25, 0.3) is 0 Å². The van der Waals surface area contributed by atoms with E-state index in [2.05, 4.69) is 11.9 Å². The van der Waals surface area contributed by atoms with E-state index in [0.29, 0.717) is 5.22 Å². The molecule has 2 aromatic rings. The summed E-state index contributed by atoms with van der Waals surface area (Å²) in [6, 6.07) is 7.82. The van der Waals surface area contributed by atoms with E-state index >= 15 is 0 Å². The summed E-state index contributed by atoms with van der Waals surface area (Å²) >= 11 is 7.48. The minimum atomic E-state index is 0.0402. The van der Waals surface area contributed by atoms with Crippen LogP contribution >= 0.6 is 23.4 Å². The van der Waals surface area contributed by atoms with Gasteiger partial charge < -0.3 is 10.2 Å². The Morgan fingerprint density at radius 1 is 1.37 bits per heavy atom. The van der Waals surface area contributed by atoms with Crippen LogP contribution in [0.4, 0.5) is 0 Å². The molecule has 0 amide bonds. The van der Waals surface area contributed by atoms with Gasteiger partial charge in [0.2, 0.25) is 0 Å². The second-order valence-electron chi connectivity index (χ2n) is 4.42. The number of hydrogen-bond donors (Lipinski definition) is 1. The first-order valence-electron chi connectivity index (χ1n) is 6.20. The van der Waals surface area contributed by atoms with Crippen LogP contribution in [0, 0.1) is 6.92 Å². The number of aromatic nitrogens is 1. The molecule has 19 heavy (non-hydrogen) atoms. The summed E-state index contributed by atoms with van der Waals surface area (Å²) in [5.41, 5.74) is 8.23. The van der Waals surface area contributed by atoms with Crippen molar-refractivity contribution < 1.29 is 4.42 Å². The molecule has 2 atom stereocenters. The molecule has 1 aromatic carbocycles. The Bertz CT molecular complexity index is 526. The summed E-state index contributed by atoms with van der Waals surface area (Å²) in [5.74, 6) is 0. The Morgan fingerprint density at radius 2 is 2.05 bits per heavy atom. The van der Waals surface area contributed by atoms with Gasteiger partial charge in [0.25, 0.3) is 5.22 Å². The molecular formula is C14H17ClN2OS. The summed E-state index contributed by atoms with van der Waals surface area (Å²) < 4.78 is 5.40. The van der Waals surface area contributed by atoms with E-state index in [9.17, 15) is 0 Å². The van der Waals surface area contributed by atoms with Crippen LogP contribution in [0.2, 0.25) is 5.02 Å². The number of oxazole rings is 1. The van der Waals surface area contributed by atoms with E-state index in [4.69, 9.17) is 21.8 Å². The molecule has 0 saturated carbocycles. The van der Waals surface area contributed by atoms with Gasteiger partial charge in [0, 0.05) is 11.1 Å². The first-order valence-corrected chi connectivity index (χ1v) is 7.45. The maximum absolute atomic E-state index is 6.22. The van der Waals surface area contributed by atoms with E-state index in [1.165, 1.54) is 0 Å². The fraction of sp³-hybridized carbons (Fsp3) is 0.357. The maximum Gasteiger partial charge on any atom is 0.256 e. The zero-order valence-corrected chi connectivity index (χ0v) is 12.5. The molecule has 0 spiro atoms. The van der Waals surface area contributed by atoms with Gasteiger partial charge in [0.15, 0.2) is 0 Å². The normalized spacial score (nSPS) is 14.3. The number of hydrogen-bond acceptors (Lipinski definition) is 4. The van der Waals surface area contributed by atoms with E-state index in [-0.39, 0.29) is 11.3 Å². The van der Waals surface area contributed by atoms with Crippen molar-refractivity contribution in [3.05, 3.63) is 46.8 Å². The van der Waals surface area contributed by atoms with Crippen molar-refractivity contribution in [1.29, 1.82) is 0 Å². The van der Waals surface area contributed by atoms with Gasteiger partial charge in [-0.3, -0.25) is 0 Å². The maximum atomic E-state index is 6.22. The summed E-state index contributed by atoms with van der Waals surface area (Å²) in [7, 11) is 0. The Hall–Kier alpha value is -0.970. The standard InChI is InChI=1S/C14H17ClN2OS/c1-3-12(16)13(10-4-6-11(15)7-5-10)19-14-17-9(2)8-18-14/h4-8,12-13H,3,16H2,1-2H3. The van der Waals surface area contributed by atoms with Crippen molar-refractivity contribution in [2.24, 2.45) is 5.73 Å². The lowest BCUT2D eigenvalue weighted by atomic mass is 10.0. The van der Waals surface area contributed by atoms with Crippen LogP contribution < -0.4 is 5.73 Å². The molecule has 0 aliphatic rings. The Balaban J connectivity index is 2.23. The summed E-state index contributed by atoms with van der Waals surface area (Å²) in [6.45, 7) is 3.99. The highest BCUT2D eigenvalue weighted by Gasteiger charge is 2.22. The lowest BCUT2D eigenvalue weighted by Gasteiger charge is -2.21. The van der Waals surface area contributed by atoms with Crippen LogP contribution in [0.15, 0.2) is 40.2 Å². The van der Waals surface area contributed by atoms with Crippen molar-refractivity contribution in [1.82, 2.24) is 4.98 Å². The number of nitrogens with two attached hydrogens (primary N) is 1. The smallest absolute Gasteiger partial charge is 0.256 e. The van der Waals surface area contributed by atoms with Gasteiger partial charge in [-0.25, -0.2) is 4.98 Å². The van der Waals surface area contributed by atoms with E-state index in [0.717, 1.165) is 22.7 Å². The highest BCUT2D eigenvalue weighted by molar-refractivity contribution is 7.99. The van der Waals surface area contributed by atoms with Crippen LogP contribution in [-0.4, -0.2) is 11.0 Å². The number of aryl methyl sites for hydroxylation is 1. The van der Waals surface area contributed by atoms with E-state index in [1.54, 1.807) is 18.0 Å². The molecule has 0 radical (unpaired) electrons. The van der Waals surface area contributed by atoms with Crippen molar-refractivity contribution in [2.75, 3.05) is 0 Å². The highest BCUT2D eigenvalue weighted by Crippen LogP contribution is 2.37. The molecule has 5 heteroatoms. The molecule has 3 nitrogen and oxygen atoms in total. The molecule has 0 saturated heterocycles. The van der Waals surface area contributed by atoms with Crippen molar-refractivity contribution >= 4 is 23.4 Å². The minimum absolute atomic E-state index is 0.0402. The Morgan fingerprint density at radius 3 is 2.58 bits per heavy atom. The average Bonchev–Trinajstić information content (AvgIpc) is 2.82. The number of halogens is 1. The molecule has 102 valence electrons. The SMILES string of the molecule is CCC(N)C(Sc1nc(C)co1)c1ccc(Cl)cc1. The van der Waals surface area contributed by atoms with Crippen molar-refractivity contribution in [3.63, 3.8) is 0 Å². The fourth-order valence-corrected chi connectivity index (χ4v) is 3.07. The lowest BCUT2D eigenvalue weighted by molar-refractivity contribution is 0.451. The summed E-state index contributed by atoms with van der Waals surface area (Å²) in [5, 5.41) is 1.49. The highest BCUT2D eigenvalue weighted by atomic mass is 35.5. The van der Waals surface area contributed by atoms with Gasteiger partial charge in [-0.15, -0.1) is 0 Å². The third kappa shape index (κ3) is 3.75. The van der Waals surface area contributed by atoms with Crippen LogP contribution in [-0.2, 0) is 0 Å². The first kappa shape index (κ1) is 14.4. The molecule has 2 unspecified atom stereocenters. The summed E-state index contributed by atoms with van der Waals surface area (Å²) in [4.78, 5) is 4.32. The van der Waals surface area contributed by atoms with Gasteiger partial charge in [-0.1, -0.05) is 42.4 Å². The quantitative estimate of drug-likeness (QED) is 0.840. The topological polar surface area (TPSA) is 52.0 Å². The summed E-state index contributed by atoms with van der Waals surface area (Å²) in [6.07, 6.45) is 2.54. The van der Waals surface area contributed by atoms with Crippen LogP contribution in [0.3, 0.4) is 0 Å². The van der Waals surface area contributed by atoms with Crippen LogP contribution in [0.5, 0.6) is 0 Å². The van der Waals surface area contributed by atoms with Crippen molar-refractivity contribution in [2.45, 2.75) is 36.8 Å². The molecule has 0 aliphatic carbocycles. The number of benzene rings is 1. The fourth-order valence-electron chi connectivity index (χ4n) is 1.76. The van der Waals surface area contributed by atoms with E-state index < -0.39 is 0 Å². The van der Waals surface area contributed by atoms with Gasteiger partial charge in [0.05, 0.1) is 10.9 Å². The lowest BCUT2D eigenvalue weighted by Crippen LogP contribution is -2.25. The molecule has 1 heterocycles.